The van der Waals surface area contributed by atoms with Crippen molar-refractivity contribution in [3.63, 3.8) is 0 Å². The fraction of sp³-hybridized carbons (Fsp3) is 0.852. The molecule has 0 aliphatic heterocycles. The van der Waals surface area contributed by atoms with E-state index in [1.54, 1.807) is 11.1 Å². The molecule has 0 amide bonds. The maximum absolute atomic E-state index is 11.1. The number of hydrogen-bond donors (Lipinski definition) is 2. The Morgan fingerprint density at radius 3 is 2.55 bits per heavy atom. The monoisotopic (exact) mass is 400 g/mol. The van der Waals surface area contributed by atoms with E-state index in [0.29, 0.717) is 17.3 Å². The van der Waals surface area contributed by atoms with Gasteiger partial charge in [-0.2, -0.15) is 0 Å². The van der Waals surface area contributed by atoms with Gasteiger partial charge < -0.3 is 10.2 Å². The summed E-state index contributed by atoms with van der Waals surface area (Å²) in [4.78, 5) is 0. The van der Waals surface area contributed by atoms with Crippen LogP contribution in [0.25, 0.3) is 0 Å². The van der Waals surface area contributed by atoms with E-state index in [1.807, 2.05) is 0 Å². The summed E-state index contributed by atoms with van der Waals surface area (Å²) in [6, 6.07) is 0. The fourth-order valence-corrected chi connectivity index (χ4v) is 8.10. The Bertz CT molecular complexity index is 676. The second-order valence-corrected chi connectivity index (χ2v) is 11.9. The maximum Gasteiger partial charge on any atom is 0.0612 e. The Balaban J connectivity index is 1.61. The molecule has 0 saturated heterocycles. The van der Waals surface area contributed by atoms with Crippen LogP contribution in [0.4, 0.5) is 0 Å². The van der Waals surface area contributed by atoms with Crippen molar-refractivity contribution in [2.45, 2.75) is 105 Å². The van der Waals surface area contributed by atoms with E-state index in [9.17, 15) is 10.2 Å². The van der Waals surface area contributed by atoms with Crippen LogP contribution in [0, 0.1) is 40.4 Å². The Kier molecular flexibility index (Phi) is 5.84. The molecule has 3 saturated carbocycles. The first-order valence-electron chi connectivity index (χ1n) is 12.4. The molecule has 2 N–H and O–H groups in total. The molecule has 3 fully saturated rings. The third-order valence-corrected chi connectivity index (χ3v) is 9.73. The molecule has 0 aromatic rings. The molecule has 4 rings (SSSR count). The zero-order valence-electron chi connectivity index (χ0n) is 19.5. The van der Waals surface area contributed by atoms with Gasteiger partial charge in [0.1, 0.15) is 0 Å². The smallest absolute Gasteiger partial charge is 0.0612 e. The second-order valence-electron chi connectivity index (χ2n) is 11.9. The first kappa shape index (κ1) is 21.6. The highest BCUT2D eigenvalue weighted by atomic mass is 16.3. The number of allylic oxidation sites excluding steroid dienone is 3. The summed E-state index contributed by atoms with van der Waals surface area (Å²) in [6.45, 7) is 12.0. The summed E-state index contributed by atoms with van der Waals surface area (Å²) in [5, 5.41) is 21.4. The highest BCUT2D eigenvalue weighted by Gasteiger charge is 2.57. The molecule has 164 valence electrons. The molecule has 29 heavy (non-hydrogen) atoms. The van der Waals surface area contributed by atoms with Crippen LogP contribution < -0.4 is 0 Å². The highest BCUT2D eigenvalue weighted by Crippen LogP contribution is 2.65. The van der Waals surface area contributed by atoms with E-state index in [4.69, 9.17) is 0 Å². The van der Waals surface area contributed by atoms with Crippen molar-refractivity contribution in [3.8, 4) is 0 Å². The SMILES string of the molecule is CC(C)CC=CC(C)C1CCC2=C3CC(O)C4CC(O)CCC4(C)C3CCC21C. The van der Waals surface area contributed by atoms with Gasteiger partial charge in [0.05, 0.1) is 12.2 Å². The zero-order valence-corrected chi connectivity index (χ0v) is 19.5. The lowest BCUT2D eigenvalue weighted by Crippen LogP contribution is -2.53. The molecule has 0 radical (unpaired) electrons. The third-order valence-electron chi connectivity index (χ3n) is 9.73. The molecule has 0 aromatic heterocycles. The van der Waals surface area contributed by atoms with Gasteiger partial charge in [-0.15, -0.1) is 0 Å². The van der Waals surface area contributed by atoms with Crippen molar-refractivity contribution < 1.29 is 10.2 Å². The van der Waals surface area contributed by atoms with Crippen LogP contribution in [0.5, 0.6) is 0 Å². The molecule has 0 heterocycles. The zero-order chi connectivity index (χ0) is 21.0. The Hall–Kier alpha value is -0.600. The van der Waals surface area contributed by atoms with Crippen LogP contribution in [0.1, 0.15) is 92.4 Å². The van der Waals surface area contributed by atoms with Gasteiger partial charge in [0, 0.05) is 0 Å². The van der Waals surface area contributed by atoms with Crippen LogP contribution in [0.3, 0.4) is 0 Å². The van der Waals surface area contributed by atoms with Crippen LogP contribution in [-0.2, 0) is 0 Å². The van der Waals surface area contributed by atoms with E-state index in [0.717, 1.165) is 37.5 Å². The van der Waals surface area contributed by atoms with Crippen molar-refractivity contribution in [3.05, 3.63) is 23.3 Å². The average molecular weight is 401 g/mol. The summed E-state index contributed by atoms with van der Waals surface area (Å²) < 4.78 is 0. The minimum atomic E-state index is -0.265. The van der Waals surface area contributed by atoms with Crippen molar-refractivity contribution in [1.82, 2.24) is 0 Å². The van der Waals surface area contributed by atoms with Crippen molar-refractivity contribution >= 4 is 0 Å². The summed E-state index contributed by atoms with van der Waals surface area (Å²) in [6.07, 6.45) is 14.4. The van der Waals surface area contributed by atoms with Gasteiger partial charge in [-0.3, -0.25) is 0 Å². The van der Waals surface area contributed by atoms with Crippen molar-refractivity contribution in [2.75, 3.05) is 0 Å². The molecule has 2 nitrogen and oxygen atoms in total. The molecular formula is C27H44O2. The highest BCUT2D eigenvalue weighted by molar-refractivity contribution is 5.36. The van der Waals surface area contributed by atoms with Gasteiger partial charge in [-0.05, 0) is 98.2 Å². The largest absolute Gasteiger partial charge is 0.393 e. The quantitative estimate of drug-likeness (QED) is 0.545. The first-order chi connectivity index (χ1) is 13.7. The standard InChI is InChI=1S/C27H44O2/c1-17(2)7-6-8-18(3)21-9-10-22-20-16-25(29)24-15-19(28)11-13-27(24,5)23(20)12-14-26(21,22)4/h6,8,17-19,21,23-25,28-29H,7,9-16H2,1-5H3. The summed E-state index contributed by atoms with van der Waals surface area (Å²) in [5.74, 6) is 3.02. The lowest BCUT2D eigenvalue weighted by molar-refractivity contribution is -0.0960. The number of aliphatic hydroxyl groups excluding tert-OH is 2. The molecule has 8 atom stereocenters. The van der Waals surface area contributed by atoms with Crippen molar-refractivity contribution in [2.24, 2.45) is 40.4 Å². The Morgan fingerprint density at radius 1 is 1.07 bits per heavy atom. The minimum Gasteiger partial charge on any atom is -0.393 e. The molecule has 8 unspecified atom stereocenters. The van der Waals surface area contributed by atoms with E-state index < -0.39 is 0 Å². The van der Waals surface area contributed by atoms with Gasteiger partial charge in [-0.1, -0.05) is 57.9 Å². The van der Waals surface area contributed by atoms with E-state index in [-0.39, 0.29) is 23.5 Å². The lowest BCUT2D eigenvalue weighted by Gasteiger charge is -2.58. The van der Waals surface area contributed by atoms with Crippen molar-refractivity contribution in [1.29, 1.82) is 0 Å². The Morgan fingerprint density at radius 2 is 1.83 bits per heavy atom. The molecule has 4 aliphatic carbocycles. The van der Waals surface area contributed by atoms with E-state index >= 15 is 0 Å². The topological polar surface area (TPSA) is 40.5 Å². The van der Waals surface area contributed by atoms with Gasteiger partial charge in [0.25, 0.3) is 0 Å². The second kappa shape index (κ2) is 7.83. The molecule has 2 heteroatoms. The first-order valence-corrected chi connectivity index (χ1v) is 12.4. The van der Waals surface area contributed by atoms with Crippen LogP contribution in [0.2, 0.25) is 0 Å². The number of rotatable bonds is 4. The lowest BCUT2D eigenvalue weighted by atomic mass is 9.48. The Labute approximate surface area is 178 Å². The van der Waals surface area contributed by atoms with Crippen LogP contribution >= 0.6 is 0 Å². The molecule has 0 aromatic carbocycles. The average Bonchev–Trinajstić information content (AvgIpc) is 3.00. The maximum atomic E-state index is 11.1. The van der Waals surface area contributed by atoms with Crippen LogP contribution in [0.15, 0.2) is 23.3 Å². The molecule has 0 spiro atoms. The molecule has 4 aliphatic rings. The summed E-state index contributed by atoms with van der Waals surface area (Å²) in [5.41, 5.74) is 3.88. The summed E-state index contributed by atoms with van der Waals surface area (Å²) >= 11 is 0. The normalized spacial score (nSPS) is 46.0. The fourth-order valence-electron chi connectivity index (χ4n) is 8.10. The van der Waals surface area contributed by atoms with Gasteiger partial charge in [-0.25, -0.2) is 0 Å². The third kappa shape index (κ3) is 3.57. The molecule has 0 bridgehead atoms. The minimum absolute atomic E-state index is 0.182. The molecular weight excluding hydrogens is 356 g/mol. The number of hydrogen-bond acceptors (Lipinski definition) is 2. The van der Waals surface area contributed by atoms with E-state index in [1.165, 1.54) is 32.1 Å². The van der Waals surface area contributed by atoms with Gasteiger partial charge in [0.15, 0.2) is 0 Å². The number of fused-ring (bicyclic) bond motifs is 4. The number of aliphatic hydroxyl groups is 2. The van der Waals surface area contributed by atoms with Gasteiger partial charge >= 0.3 is 0 Å². The predicted molar refractivity (Wildman–Crippen MR) is 120 cm³/mol. The van der Waals surface area contributed by atoms with Gasteiger partial charge in [0.2, 0.25) is 0 Å². The van der Waals surface area contributed by atoms with Crippen LogP contribution in [-0.4, -0.2) is 22.4 Å². The van der Waals surface area contributed by atoms with E-state index in [2.05, 4.69) is 46.8 Å². The predicted octanol–water partition coefficient (Wildman–Crippen LogP) is 6.28. The summed E-state index contributed by atoms with van der Waals surface area (Å²) in [7, 11) is 0.